The fourth-order valence-corrected chi connectivity index (χ4v) is 3.18. The van der Waals surface area contributed by atoms with Crippen LogP contribution in [-0.4, -0.2) is 19.9 Å². The molecular weight excluding hydrogens is 320 g/mol. The predicted molar refractivity (Wildman–Crippen MR) is 97.2 cm³/mol. The van der Waals surface area contributed by atoms with E-state index in [9.17, 15) is 0 Å². The molecule has 0 atom stereocenters. The quantitative estimate of drug-likeness (QED) is 0.496. The van der Waals surface area contributed by atoms with Crippen molar-refractivity contribution in [1.29, 1.82) is 0 Å². The maximum Gasteiger partial charge on any atom is 0.155 e. The first kappa shape index (κ1) is 15.0. The first-order chi connectivity index (χ1) is 11.7. The summed E-state index contributed by atoms with van der Waals surface area (Å²) in [5.41, 5.74) is 4.99. The van der Waals surface area contributed by atoms with E-state index >= 15 is 0 Å². The van der Waals surface area contributed by atoms with Crippen molar-refractivity contribution in [3.8, 4) is 11.1 Å². The van der Waals surface area contributed by atoms with Crippen molar-refractivity contribution >= 4 is 33.4 Å². The van der Waals surface area contributed by atoms with Crippen LogP contribution < -0.4 is 0 Å². The van der Waals surface area contributed by atoms with E-state index in [0.29, 0.717) is 5.15 Å². The average Bonchev–Trinajstić information content (AvgIpc) is 2.61. The fourth-order valence-electron chi connectivity index (χ4n) is 2.97. The highest BCUT2D eigenvalue weighted by molar-refractivity contribution is 6.34. The number of benzene rings is 1. The highest BCUT2D eigenvalue weighted by atomic mass is 35.5. The number of pyridine rings is 2. The first-order valence-corrected chi connectivity index (χ1v) is 8.21. The Balaban J connectivity index is 1.99. The van der Waals surface area contributed by atoms with Crippen LogP contribution in [0, 0.1) is 6.92 Å². The van der Waals surface area contributed by atoms with E-state index in [0.717, 1.165) is 50.7 Å². The number of aromatic nitrogens is 4. The minimum atomic E-state index is 0.422. The molecule has 0 saturated carbocycles. The highest BCUT2D eigenvalue weighted by Gasteiger charge is 2.12. The van der Waals surface area contributed by atoms with E-state index in [2.05, 4.69) is 45.9 Å². The summed E-state index contributed by atoms with van der Waals surface area (Å²) in [5.74, 6) is 0.860. The predicted octanol–water partition coefficient (Wildman–Crippen LogP) is 4.76. The van der Waals surface area contributed by atoms with E-state index in [1.165, 1.54) is 0 Å². The van der Waals surface area contributed by atoms with Gasteiger partial charge in [0.2, 0.25) is 0 Å². The summed E-state index contributed by atoms with van der Waals surface area (Å²) in [6.45, 7) is 4.11. The molecule has 24 heavy (non-hydrogen) atoms. The molecule has 0 aliphatic carbocycles. The third-order valence-corrected chi connectivity index (χ3v) is 4.44. The molecule has 4 nitrogen and oxygen atoms in total. The van der Waals surface area contributed by atoms with Crippen LogP contribution in [0.25, 0.3) is 32.9 Å². The maximum atomic E-state index is 6.20. The van der Waals surface area contributed by atoms with Crippen molar-refractivity contribution in [2.24, 2.45) is 0 Å². The van der Waals surface area contributed by atoms with Gasteiger partial charge in [-0.3, -0.25) is 4.98 Å². The molecule has 0 radical (unpaired) electrons. The number of rotatable bonds is 2. The van der Waals surface area contributed by atoms with Gasteiger partial charge in [-0.1, -0.05) is 24.6 Å². The topological polar surface area (TPSA) is 51.6 Å². The van der Waals surface area contributed by atoms with Crippen molar-refractivity contribution in [2.75, 3.05) is 0 Å². The lowest BCUT2D eigenvalue weighted by molar-refractivity contribution is 0.961. The highest BCUT2D eigenvalue weighted by Crippen LogP contribution is 2.33. The van der Waals surface area contributed by atoms with Crippen LogP contribution >= 0.6 is 11.6 Å². The van der Waals surface area contributed by atoms with Crippen LogP contribution in [0.2, 0.25) is 5.15 Å². The molecule has 0 N–H and O–H groups in total. The number of aryl methyl sites for hydroxylation is 2. The second-order valence-electron chi connectivity index (χ2n) is 5.73. The summed E-state index contributed by atoms with van der Waals surface area (Å²) in [4.78, 5) is 17.5. The smallest absolute Gasteiger partial charge is 0.155 e. The summed E-state index contributed by atoms with van der Waals surface area (Å²) < 4.78 is 0. The Morgan fingerprint density at radius 2 is 1.92 bits per heavy atom. The fraction of sp³-hybridized carbons (Fsp3) is 0.158. The normalized spacial score (nSPS) is 11.3. The summed E-state index contributed by atoms with van der Waals surface area (Å²) in [6.07, 6.45) is 6.27. The molecule has 0 fully saturated rings. The van der Waals surface area contributed by atoms with Gasteiger partial charge in [0.05, 0.1) is 5.52 Å². The van der Waals surface area contributed by atoms with E-state index < -0.39 is 0 Å². The van der Waals surface area contributed by atoms with Gasteiger partial charge in [0.25, 0.3) is 0 Å². The van der Waals surface area contributed by atoms with Gasteiger partial charge in [0, 0.05) is 35.8 Å². The third kappa shape index (κ3) is 2.39. The van der Waals surface area contributed by atoms with Crippen LogP contribution in [0.15, 0.2) is 42.9 Å². The van der Waals surface area contributed by atoms with Crippen LogP contribution in [0.1, 0.15) is 18.3 Å². The van der Waals surface area contributed by atoms with Crippen molar-refractivity contribution < 1.29 is 0 Å². The minimum Gasteiger partial charge on any atom is -0.253 e. The lowest BCUT2D eigenvalue weighted by Crippen LogP contribution is -1.94. The maximum absolute atomic E-state index is 6.20. The Hall–Kier alpha value is -2.59. The molecule has 118 valence electrons. The summed E-state index contributed by atoms with van der Waals surface area (Å²) in [7, 11) is 0. The SMILES string of the molecule is CCc1ncc2cc(-c3c(C)cnc4c(Cl)nccc34)ccc2n1. The first-order valence-electron chi connectivity index (χ1n) is 7.83. The molecular formula is C19H15ClN4. The Kier molecular flexibility index (Phi) is 3.62. The van der Waals surface area contributed by atoms with Gasteiger partial charge in [0.1, 0.15) is 11.3 Å². The molecule has 0 aliphatic rings. The van der Waals surface area contributed by atoms with Crippen LogP contribution in [0.5, 0.6) is 0 Å². The molecule has 0 spiro atoms. The molecule has 0 bridgehead atoms. The molecule has 0 aliphatic heterocycles. The Morgan fingerprint density at radius 1 is 1.04 bits per heavy atom. The monoisotopic (exact) mass is 334 g/mol. The summed E-state index contributed by atoms with van der Waals surface area (Å²) in [5, 5.41) is 2.44. The number of halogens is 1. The molecule has 0 saturated heterocycles. The van der Waals surface area contributed by atoms with Gasteiger partial charge in [-0.15, -0.1) is 0 Å². The Labute approximate surface area is 144 Å². The van der Waals surface area contributed by atoms with E-state index in [-0.39, 0.29) is 0 Å². The minimum absolute atomic E-state index is 0.422. The van der Waals surface area contributed by atoms with Crippen LogP contribution in [-0.2, 0) is 6.42 Å². The van der Waals surface area contributed by atoms with Crippen molar-refractivity contribution in [2.45, 2.75) is 20.3 Å². The van der Waals surface area contributed by atoms with Crippen molar-refractivity contribution in [1.82, 2.24) is 19.9 Å². The number of hydrogen-bond donors (Lipinski definition) is 0. The second-order valence-corrected chi connectivity index (χ2v) is 6.09. The van der Waals surface area contributed by atoms with E-state index in [1.807, 2.05) is 24.5 Å². The molecule has 5 heteroatoms. The Bertz CT molecular complexity index is 1080. The van der Waals surface area contributed by atoms with Crippen LogP contribution in [0.3, 0.4) is 0 Å². The van der Waals surface area contributed by atoms with Gasteiger partial charge in [-0.25, -0.2) is 15.0 Å². The largest absolute Gasteiger partial charge is 0.253 e. The third-order valence-electron chi connectivity index (χ3n) is 4.17. The van der Waals surface area contributed by atoms with Crippen molar-refractivity contribution in [3.05, 3.63) is 59.4 Å². The zero-order valence-corrected chi connectivity index (χ0v) is 14.2. The molecule has 0 amide bonds. The zero-order valence-electron chi connectivity index (χ0n) is 13.4. The molecule has 3 aromatic heterocycles. The molecule has 3 heterocycles. The number of hydrogen-bond acceptors (Lipinski definition) is 4. The second kappa shape index (κ2) is 5.80. The Morgan fingerprint density at radius 3 is 2.75 bits per heavy atom. The summed E-state index contributed by atoms with van der Waals surface area (Å²) in [6, 6.07) is 8.20. The van der Waals surface area contributed by atoms with Crippen LogP contribution in [0.4, 0.5) is 0 Å². The molecule has 1 aromatic carbocycles. The van der Waals surface area contributed by atoms with Gasteiger partial charge in [-0.05, 0) is 41.8 Å². The standard InChI is InChI=1S/C19H15ClN4/c1-3-16-22-10-13-8-12(4-5-15(13)24-16)17-11(2)9-23-18-14(17)6-7-21-19(18)20/h4-10H,3H2,1-2H3. The van der Waals surface area contributed by atoms with Gasteiger partial charge in [0.15, 0.2) is 5.15 Å². The van der Waals surface area contributed by atoms with E-state index in [4.69, 9.17) is 11.6 Å². The molecule has 4 aromatic rings. The van der Waals surface area contributed by atoms with Crippen molar-refractivity contribution in [3.63, 3.8) is 0 Å². The zero-order chi connectivity index (χ0) is 16.7. The molecule has 4 rings (SSSR count). The summed E-state index contributed by atoms with van der Waals surface area (Å²) >= 11 is 6.20. The average molecular weight is 335 g/mol. The molecule has 0 unspecified atom stereocenters. The number of nitrogens with zero attached hydrogens (tertiary/aromatic N) is 4. The lowest BCUT2D eigenvalue weighted by atomic mass is 9.97. The number of fused-ring (bicyclic) bond motifs is 2. The van der Waals surface area contributed by atoms with Gasteiger partial charge in [-0.2, -0.15) is 0 Å². The van der Waals surface area contributed by atoms with Gasteiger partial charge >= 0.3 is 0 Å². The van der Waals surface area contributed by atoms with E-state index in [1.54, 1.807) is 6.20 Å². The lowest BCUT2D eigenvalue weighted by Gasteiger charge is -2.11. The van der Waals surface area contributed by atoms with Gasteiger partial charge < -0.3 is 0 Å².